The molecule has 10 heteroatoms. The number of ether oxygens (including phenoxy) is 3. The molecule has 2 amide bonds. The molecule has 3 aromatic carbocycles. The standard InChI is InChI=1S/C30H32N2O7S/c1-37-17-18-38-19-20-39-26-9-4-3-8-25(26)22-11-13-23(14-12-22)29(33)31-15-6-16-32-30(34)28-21-24-7-2-5-10-27(24)40(28,35)36/h2-5,7-14,21H,6,15-20H2,1H3,(H,31,33)(H,32,34). The van der Waals surface area contributed by atoms with Crippen molar-refractivity contribution in [1.29, 1.82) is 0 Å². The van der Waals surface area contributed by atoms with E-state index in [1.54, 1.807) is 37.4 Å². The van der Waals surface area contributed by atoms with Crippen LogP contribution in [0.1, 0.15) is 22.3 Å². The highest BCUT2D eigenvalue weighted by molar-refractivity contribution is 7.96. The molecule has 40 heavy (non-hydrogen) atoms. The van der Waals surface area contributed by atoms with Crippen molar-refractivity contribution >= 4 is 27.7 Å². The van der Waals surface area contributed by atoms with Crippen molar-refractivity contribution in [2.75, 3.05) is 46.6 Å². The van der Waals surface area contributed by atoms with E-state index in [0.717, 1.165) is 16.9 Å². The van der Waals surface area contributed by atoms with Gasteiger partial charge in [0.05, 0.1) is 24.7 Å². The molecule has 210 valence electrons. The van der Waals surface area contributed by atoms with Gasteiger partial charge in [-0.1, -0.05) is 48.5 Å². The van der Waals surface area contributed by atoms with E-state index in [4.69, 9.17) is 14.2 Å². The van der Waals surface area contributed by atoms with Crippen molar-refractivity contribution in [2.24, 2.45) is 0 Å². The van der Waals surface area contributed by atoms with Crippen LogP contribution in [0, 0.1) is 0 Å². The third kappa shape index (κ3) is 7.15. The number of para-hydroxylation sites is 1. The molecule has 0 saturated carbocycles. The topological polar surface area (TPSA) is 120 Å². The molecule has 0 aliphatic carbocycles. The number of methoxy groups -OCH3 is 1. The second-order valence-corrected chi connectivity index (χ2v) is 10.8. The number of benzene rings is 3. The second kappa shape index (κ2) is 13.9. The molecule has 0 radical (unpaired) electrons. The van der Waals surface area contributed by atoms with E-state index < -0.39 is 15.7 Å². The molecule has 0 spiro atoms. The molecular formula is C30H32N2O7S. The third-order valence-electron chi connectivity index (χ3n) is 6.20. The number of hydrogen-bond donors (Lipinski definition) is 2. The highest BCUT2D eigenvalue weighted by Crippen LogP contribution is 2.32. The summed E-state index contributed by atoms with van der Waals surface area (Å²) in [7, 11) is -2.19. The fourth-order valence-electron chi connectivity index (χ4n) is 4.14. The Bertz CT molecular complexity index is 1470. The molecule has 0 atom stereocenters. The Balaban J connectivity index is 1.22. The summed E-state index contributed by atoms with van der Waals surface area (Å²) in [5.41, 5.74) is 2.82. The Morgan fingerprint density at radius 2 is 1.45 bits per heavy atom. The summed E-state index contributed by atoms with van der Waals surface area (Å²) in [6, 6.07) is 21.4. The van der Waals surface area contributed by atoms with Gasteiger partial charge in [-0.3, -0.25) is 9.59 Å². The molecule has 1 aliphatic rings. The van der Waals surface area contributed by atoms with Crippen LogP contribution in [0.5, 0.6) is 5.75 Å². The fraction of sp³-hybridized carbons (Fsp3) is 0.267. The van der Waals surface area contributed by atoms with Crippen LogP contribution >= 0.6 is 0 Å². The van der Waals surface area contributed by atoms with E-state index in [-0.39, 0.29) is 22.3 Å². The molecule has 0 saturated heterocycles. The molecule has 0 bridgehead atoms. The maximum Gasteiger partial charge on any atom is 0.263 e. The molecule has 1 aliphatic heterocycles. The van der Waals surface area contributed by atoms with Crippen molar-refractivity contribution in [1.82, 2.24) is 10.6 Å². The maximum atomic E-state index is 12.6. The van der Waals surface area contributed by atoms with Gasteiger partial charge < -0.3 is 24.8 Å². The van der Waals surface area contributed by atoms with E-state index in [9.17, 15) is 18.0 Å². The van der Waals surface area contributed by atoms with Gasteiger partial charge in [0, 0.05) is 31.3 Å². The van der Waals surface area contributed by atoms with Crippen molar-refractivity contribution in [3.8, 4) is 16.9 Å². The predicted octanol–water partition coefficient (Wildman–Crippen LogP) is 3.46. The van der Waals surface area contributed by atoms with Gasteiger partial charge in [-0.25, -0.2) is 8.42 Å². The number of carbonyl (C=O) groups is 2. The number of hydrogen-bond acceptors (Lipinski definition) is 7. The van der Waals surface area contributed by atoms with E-state index >= 15 is 0 Å². The molecule has 4 rings (SSSR count). The first kappa shape index (κ1) is 29.0. The van der Waals surface area contributed by atoms with Crippen LogP contribution in [0.3, 0.4) is 0 Å². The molecule has 0 aromatic heterocycles. The number of carbonyl (C=O) groups excluding carboxylic acids is 2. The van der Waals surface area contributed by atoms with Crippen molar-refractivity contribution < 1.29 is 32.2 Å². The Morgan fingerprint density at radius 3 is 2.20 bits per heavy atom. The first-order chi connectivity index (χ1) is 19.4. The van der Waals surface area contributed by atoms with Crippen LogP contribution in [-0.2, 0) is 24.1 Å². The largest absolute Gasteiger partial charge is 0.491 e. The van der Waals surface area contributed by atoms with E-state index in [2.05, 4.69) is 10.6 Å². The van der Waals surface area contributed by atoms with Crippen LogP contribution in [0.2, 0.25) is 0 Å². The second-order valence-electron chi connectivity index (χ2n) is 8.94. The lowest BCUT2D eigenvalue weighted by molar-refractivity contribution is -0.116. The Hall–Kier alpha value is -3.99. The molecule has 1 heterocycles. The first-order valence-corrected chi connectivity index (χ1v) is 14.4. The number of nitrogens with one attached hydrogen (secondary N) is 2. The highest BCUT2D eigenvalue weighted by atomic mass is 32.2. The minimum Gasteiger partial charge on any atom is -0.491 e. The summed E-state index contributed by atoms with van der Waals surface area (Å²) in [6.07, 6.45) is 1.82. The highest BCUT2D eigenvalue weighted by Gasteiger charge is 2.33. The van der Waals surface area contributed by atoms with Gasteiger partial charge in [-0.05, 0) is 47.9 Å². The van der Waals surface area contributed by atoms with Gasteiger partial charge in [0.15, 0.2) is 0 Å². The quantitative estimate of drug-likeness (QED) is 0.288. The van der Waals surface area contributed by atoms with Gasteiger partial charge >= 0.3 is 0 Å². The van der Waals surface area contributed by atoms with Crippen molar-refractivity contribution in [3.05, 3.63) is 88.8 Å². The van der Waals surface area contributed by atoms with Crippen molar-refractivity contribution in [3.63, 3.8) is 0 Å². The summed E-state index contributed by atoms with van der Waals surface area (Å²) in [5.74, 6) is -0.171. The van der Waals surface area contributed by atoms with Crippen LogP contribution in [0.25, 0.3) is 17.2 Å². The summed E-state index contributed by atoms with van der Waals surface area (Å²) in [5, 5.41) is 5.45. The van der Waals surface area contributed by atoms with E-state index in [1.807, 2.05) is 36.4 Å². The fourth-order valence-corrected chi connectivity index (χ4v) is 5.67. The van der Waals surface area contributed by atoms with Gasteiger partial charge in [0.1, 0.15) is 17.3 Å². The van der Waals surface area contributed by atoms with Crippen LogP contribution < -0.4 is 15.4 Å². The van der Waals surface area contributed by atoms with Crippen LogP contribution in [-0.4, -0.2) is 66.9 Å². The molecule has 9 nitrogen and oxygen atoms in total. The normalized spacial score (nSPS) is 13.3. The lowest BCUT2D eigenvalue weighted by Crippen LogP contribution is -2.31. The smallest absolute Gasteiger partial charge is 0.263 e. The lowest BCUT2D eigenvalue weighted by atomic mass is 10.0. The molecule has 0 unspecified atom stereocenters. The Labute approximate surface area is 234 Å². The van der Waals surface area contributed by atoms with E-state index in [0.29, 0.717) is 50.5 Å². The minimum atomic E-state index is -3.81. The summed E-state index contributed by atoms with van der Waals surface area (Å²) in [4.78, 5) is 24.9. The monoisotopic (exact) mass is 564 g/mol. The zero-order chi connectivity index (χ0) is 28.4. The summed E-state index contributed by atoms with van der Waals surface area (Å²) < 4.78 is 41.5. The Morgan fingerprint density at radius 1 is 0.775 bits per heavy atom. The van der Waals surface area contributed by atoms with Crippen LogP contribution in [0.4, 0.5) is 0 Å². The lowest BCUT2D eigenvalue weighted by Gasteiger charge is -2.12. The molecule has 3 aromatic rings. The zero-order valence-corrected chi connectivity index (χ0v) is 23.0. The first-order valence-electron chi connectivity index (χ1n) is 12.9. The summed E-state index contributed by atoms with van der Waals surface area (Å²) >= 11 is 0. The van der Waals surface area contributed by atoms with E-state index in [1.165, 1.54) is 12.1 Å². The van der Waals surface area contributed by atoms with Crippen LogP contribution in [0.15, 0.2) is 82.6 Å². The minimum absolute atomic E-state index is 0.137. The average molecular weight is 565 g/mol. The maximum absolute atomic E-state index is 12.6. The molecule has 0 fully saturated rings. The SMILES string of the molecule is COCCOCCOc1ccccc1-c1ccc(C(=O)NCCCNC(=O)C2=Cc3ccccc3S2(=O)=O)cc1. The number of sulfone groups is 1. The van der Waals surface area contributed by atoms with Gasteiger partial charge in [0.25, 0.3) is 11.8 Å². The molecular weight excluding hydrogens is 532 g/mol. The summed E-state index contributed by atoms with van der Waals surface area (Å²) in [6.45, 7) is 2.44. The average Bonchev–Trinajstić information content (AvgIpc) is 3.25. The Kier molecular flexibility index (Phi) is 10.1. The predicted molar refractivity (Wildman–Crippen MR) is 152 cm³/mol. The number of amides is 2. The third-order valence-corrected chi connectivity index (χ3v) is 8.03. The zero-order valence-electron chi connectivity index (χ0n) is 22.2. The van der Waals surface area contributed by atoms with Gasteiger partial charge in [-0.15, -0.1) is 0 Å². The van der Waals surface area contributed by atoms with Crippen molar-refractivity contribution in [2.45, 2.75) is 11.3 Å². The van der Waals surface area contributed by atoms with Gasteiger partial charge in [0.2, 0.25) is 9.84 Å². The molecule has 2 N–H and O–H groups in total. The van der Waals surface area contributed by atoms with Gasteiger partial charge in [-0.2, -0.15) is 0 Å². The number of fused-ring (bicyclic) bond motifs is 1. The number of rotatable bonds is 14.